The van der Waals surface area contributed by atoms with Crippen LogP contribution in [-0.4, -0.2) is 34.1 Å². The second kappa shape index (κ2) is 5.12. The molecule has 1 aromatic heterocycles. The van der Waals surface area contributed by atoms with E-state index in [1.165, 1.54) is 4.90 Å². The zero-order chi connectivity index (χ0) is 12.1. The first kappa shape index (κ1) is 12.0. The average Bonchev–Trinajstić information content (AvgIpc) is 2.14. The fourth-order valence-corrected chi connectivity index (χ4v) is 1.32. The Hall–Kier alpha value is -2.09. The Labute approximate surface area is 94.1 Å². The number of hydrogen-bond donors (Lipinski definition) is 1. The van der Waals surface area contributed by atoms with Gasteiger partial charge in [-0.15, -0.1) is 6.42 Å². The smallest absolute Gasteiger partial charge is 0.323 e. The summed E-state index contributed by atoms with van der Waals surface area (Å²) in [6.07, 6.45) is 5.18. The Bertz CT molecular complexity index is 417. The SMILES string of the molecule is C#CCN(CC(=O)O)c1nc(C)cc(C)n1. The molecule has 0 radical (unpaired) electrons. The van der Waals surface area contributed by atoms with E-state index in [-0.39, 0.29) is 13.1 Å². The van der Waals surface area contributed by atoms with Crippen molar-refractivity contribution in [2.45, 2.75) is 13.8 Å². The summed E-state index contributed by atoms with van der Waals surface area (Å²) in [6.45, 7) is 3.63. The van der Waals surface area contributed by atoms with E-state index in [0.717, 1.165) is 11.4 Å². The zero-order valence-electron chi connectivity index (χ0n) is 9.27. The summed E-state index contributed by atoms with van der Waals surface area (Å²) < 4.78 is 0. The van der Waals surface area contributed by atoms with Gasteiger partial charge < -0.3 is 10.0 Å². The third kappa shape index (κ3) is 3.24. The summed E-state index contributed by atoms with van der Waals surface area (Å²) in [5.74, 6) is 1.79. The van der Waals surface area contributed by atoms with E-state index in [1.54, 1.807) is 0 Å². The van der Waals surface area contributed by atoms with Gasteiger partial charge in [-0.25, -0.2) is 9.97 Å². The second-order valence-electron chi connectivity index (χ2n) is 3.40. The van der Waals surface area contributed by atoms with Crippen molar-refractivity contribution in [1.29, 1.82) is 0 Å². The van der Waals surface area contributed by atoms with E-state index < -0.39 is 5.97 Å². The van der Waals surface area contributed by atoms with Crippen LogP contribution < -0.4 is 4.90 Å². The summed E-state index contributed by atoms with van der Waals surface area (Å²) >= 11 is 0. The minimum atomic E-state index is -0.960. The molecular formula is C11H13N3O2. The molecule has 0 saturated carbocycles. The number of aromatic nitrogens is 2. The van der Waals surface area contributed by atoms with E-state index in [4.69, 9.17) is 11.5 Å². The summed E-state index contributed by atoms with van der Waals surface area (Å²) in [4.78, 5) is 20.4. The van der Waals surface area contributed by atoms with Gasteiger partial charge in [0.25, 0.3) is 0 Å². The standard InChI is InChI=1S/C11H13N3O2/c1-4-5-14(7-10(15)16)11-12-8(2)6-9(3)13-11/h1,6H,5,7H2,2-3H3,(H,15,16). The lowest BCUT2D eigenvalue weighted by Crippen LogP contribution is -2.31. The van der Waals surface area contributed by atoms with Gasteiger partial charge in [-0.05, 0) is 19.9 Å². The van der Waals surface area contributed by atoms with Crippen molar-refractivity contribution in [3.63, 3.8) is 0 Å². The summed E-state index contributed by atoms with van der Waals surface area (Å²) in [5.41, 5.74) is 1.57. The molecule has 0 spiro atoms. The molecule has 5 heteroatoms. The van der Waals surface area contributed by atoms with Gasteiger partial charge in [0.05, 0.1) is 6.54 Å². The minimum Gasteiger partial charge on any atom is -0.480 e. The molecule has 1 rings (SSSR count). The number of carboxylic acid groups (broad SMARTS) is 1. The Kier molecular flexibility index (Phi) is 3.84. The van der Waals surface area contributed by atoms with Gasteiger partial charge in [0, 0.05) is 11.4 Å². The lowest BCUT2D eigenvalue weighted by molar-refractivity contribution is -0.135. The maximum Gasteiger partial charge on any atom is 0.323 e. The highest BCUT2D eigenvalue weighted by Crippen LogP contribution is 2.09. The van der Waals surface area contributed by atoms with E-state index in [2.05, 4.69) is 15.9 Å². The van der Waals surface area contributed by atoms with Crippen molar-refractivity contribution >= 4 is 11.9 Å². The maximum atomic E-state index is 10.7. The number of hydrogen-bond acceptors (Lipinski definition) is 4. The Balaban J connectivity index is 3.00. The van der Waals surface area contributed by atoms with E-state index >= 15 is 0 Å². The van der Waals surface area contributed by atoms with Crippen LogP contribution in [0.2, 0.25) is 0 Å². The predicted molar refractivity (Wildman–Crippen MR) is 60.2 cm³/mol. The van der Waals surface area contributed by atoms with Crippen molar-refractivity contribution in [2.75, 3.05) is 18.0 Å². The summed E-state index contributed by atoms with van der Waals surface area (Å²) in [6, 6.07) is 1.82. The largest absolute Gasteiger partial charge is 0.480 e. The fourth-order valence-electron chi connectivity index (χ4n) is 1.32. The number of nitrogens with zero attached hydrogens (tertiary/aromatic N) is 3. The molecule has 0 fully saturated rings. The van der Waals surface area contributed by atoms with Crippen LogP contribution in [0.3, 0.4) is 0 Å². The first-order valence-corrected chi connectivity index (χ1v) is 4.75. The van der Waals surface area contributed by atoms with E-state index in [9.17, 15) is 4.79 Å². The van der Waals surface area contributed by atoms with Crippen LogP contribution in [0.1, 0.15) is 11.4 Å². The highest BCUT2D eigenvalue weighted by Gasteiger charge is 2.12. The molecule has 1 N–H and O–H groups in total. The molecule has 1 aromatic rings. The van der Waals surface area contributed by atoms with Crippen LogP contribution in [0.5, 0.6) is 0 Å². The van der Waals surface area contributed by atoms with Gasteiger partial charge >= 0.3 is 5.97 Å². The van der Waals surface area contributed by atoms with Crippen LogP contribution >= 0.6 is 0 Å². The molecule has 0 aliphatic rings. The predicted octanol–water partition coefficient (Wildman–Crippen LogP) is 0.618. The molecule has 5 nitrogen and oxygen atoms in total. The second-order valence-corrected chi connectivity index (χ2v) is 3.40. The molecule has 0 aliphatic heterocycles. The highest BCUT2D eigenvalue weighted by atomic mass is 16.4. The number of carbonyl (C=O) groups is 1. The van der Waals surface area contributed by atoms with E-state index in [1.807, 2.05) is 19.9 Å². The Morgan fingerprint density at radius 1 is 1.50 bits per heavy atom. The fraction of sp³-hybridized carbons (Fsp3) is 0.364. The van der Waals surface area contributed by atoms with Crippen molar-refractivity contribution in [2.24, 2.45) is 0 Å². The lowest BCUT2D eigenvalue weighted by Gasteiger charge is -2.18. The third-order valence-corrected chi connectivity index (χ3v) is 1.86. The molecule has 0 saturated heterocycles. The molecule has 1 heterocycles. The third-order valence-electron chi connectivity index (χ3n) is 1.86. The molecule has 0 amide bonds. The average molecular weight is 219 g/mol. The van der Waals surface area contributed by atoms with Gasteiger partial charge in [-0.3, -0.25) is 4.79 Å². The molecule has 0 atom stereocenters. The minimum absolute atomic E-state index is 0.176. The maximum absolute atomic E-state index is 10.7. The number of aliphatic carboxylic acids is 1. The van der Waals surface area contributed by atoms with E-state index in [0.29, 0.717) is 5.95 Å². The first-order chi connectivity index (χ1) is 7.52. The molecule has 0 aromatic carbocycles. The van der Waals surface area contributed by atoms with Crippen molar-refractivity contribution < 1.29 is 9.90 Å². The van der Waals surface area contributed by atoms with Crippen LogP contribution in [0.15, 0.2) is 6.07 Å². The monoisotopic (exact) mass is 219 g/mol. The Morgan fingerprint density at radius 3 is 2.50 bits per heavy atom. The van der Waals surface area contributed by atoms with Crippen LogP contribution in [0.4, 0.5) is 5.95 Å². The van der Waals surface area contributed by atoms with Crippen molar-refractivity contribution in [1.82, 2.24) is 9.97 Å². The highest BCUT2D eigenvalue weighted by molar-refractivity contribution is 5.72. The summed E-state index contributed by atoms with van der Waals surface area (Å²) in [5, 5.41) is 8.74. The number of rotatable bonds is 4. The van der Waals surface area contributed by atoms with Gasteiger partial charge in [-0.2, -0.15) is 0 Å². The normalized spacial score (nSPS) is 9.56. The number of aryl methyl sites for hydroxylation is 2. The number of carboxylic acids is 1. The first-order valence-electron chi connectivity index (χ1n) is 4.75. The van der Waals surface area contributed by atoms with Gasteiger partial charge in [0.2, 0.25) is 5.95 Å². The van der Waals surface area contributed by atoms with Gasteiger partial charge in [0.1, 0.15) is 6.54 Å². The van der Waals surface area contributed by atoms with Crippen LogP contribution in [-0.2, 0) is 4.79 Å². The molecule has 84 valence electrons. The molecule has 0 bridgehead atoms. The number of anilines is 1. The Morgan fingerprint density at radius 2 is 2.06 bits per heavy atom. The quantitative estimate of drug-likeness (QED) is 0.752. The topological polar surface area (TPSA) is 66.3 Å². The van der Waals surface area contributed by atoms with Crippen LogP contribution in [0, 0.1) is 26.2 Å². The molecule has 0 unspecified atom stereocenters. The zero-order valence-corrected chi connectivity index (χ0v) is 9.27. The number of terminal acetylenes is 1. The van der Waals surface area contributed by atoms with Crippen molar-refractivity contribution in [3.05, 3.63) is 17.5 Å². The summed E-state index contributed by atoms with van der Waals surface area (Å²) in [7, 11) is 0. The van der Waals surface area contributed by atoms with Gasteiger partial charge in [-0.1, -0.05) is 5.92 Å². The molecular weight excluding hydrogens is 206 g/mol. The van der Waals surface area contributed by atoms with Gasteiger partial charge in [0.15, 0.2) is 0 Å². The molecule has 0 aliphatic carbocycles. The van der Waals surface area contributed by atoms with Crippen LogP contribution in [0.25, 0.3) is 0 Å². The lowest BCUT2D eigenvalue weighted by atomic mass is 10.3. The van der Waals surface area contributed by atoms with Crippen molar-refractivity contribution in [3.8, 4) is 12.3 Å². The molecule has 16 heavy (non-hydrogen) atoms.